The number of ether oxygens (including phenoxy) is 1. The van der Waals surface area contributed by atoms with Gasteiger partial charge in [0.1, 0.15) is 5.75 Å². The molecule has 2 nitrogen and oxygen atoms in total. The fraction of sp³-hybridized carbons (Fsp3) is 0.0625. The van der Waals surface area contributed by atoms with Crippen molar-refractivity contribution in [1.82, 2.24) is 0 Å². The van der Waals surface area contributed by atoms with E-state index in [1.807, 2.05) is 54.6 Å². The zero-order valence-corrected chi connectivity index (χ0v) is 12.0. The van der Waals surface area contributed by atoms with Crippen LogP contribution in [0.4, 0.5) is 0 Å². The molecule has 0 unspecified atom stereocenters. The summed E-state index contributed by atoms with van der Waals surface area (Å²) in [6, 6.07) is 17.5. The maximum Gasteiger partial charge on any atom is 0.118 e. The number of methoxy groups -OCH3 is 1. The third-order valence-electron chi connectivity index (χ3n) is 2.70. The summed E-state index contributed by atoms with van der Waals surface area (Å²) in [6.07, 6.45) is 1.87. The van der Waals surface area contributed by atoms with E-state index in [0.717, 1.165) is 21.3 Å². The first-order valence-corrected chi connectivity index (χ1v) is 6.54. The van der Waals surface area contributed by atoms with Gasteiger partial charge in [0.05, 0.1) is 18.8 Å². The molecule has 0 amide bonds. The van der Waals surface area contributed by atoms with Gasteiger partial charge in [-0.05, 0) is 53.6 Å². The van der Waals surface area contributed by atoms with Crippen LogP contribution in [0.15, 0.2) is 53.0 Å². The molecule has 0 saturated carbocycles. The van der Waals surface area contributed by atoms with Gasteiger partial charge in [0.25, 0.3) is 0 Å². The van der Waals surface area contributed by atoms with Crippen molar-refractivity contribution in [2.45, 2.75) is 0 Å². The molecule has 2 aromatic carbocycles. The Balaban J connectivity index is 2.33. The number of allylic oxidation sites excluding steroid dienone is 1. The van der Waals surface area contributed by atoms with Crippen LogP contribution < -0.4 is 4.74 Å². The van der Waals surface area contributed by atoms with E-state index >= 15 is 0 Å². The topological polar surface area (TPSA) is 33.0 Å². The summed E-state index contributed by atoms with van der Waals surface area (Å²) >= 11 is 3.39. The van der Waals surface area contributed by atoms with E-state index in [2.05, 4.69) is 22.0 Å². The lowest BCUT2D eigenvalue weighted by Gasteiger charge is -2.02. The minimum absolute atomic E-state index is 0.630. The second-order valence-electron chi connectivity index (χ2n) is 3.95. The van der Waals surface area contributed by atoms with Crippen LogP contribution >= 0.6 is 15.9 Å². The smallest absolute Gasteiger partial charge is 0.118 e. The lowest BCUT2D eigenvalue weighted by Crippen LogP contribution is -1.85. The van der Waals surface area contributed by atoms with Crippen LogP contribution in [0, 0.1) is 11.3 Å². The molecule has 2 rings (SSSR count). The van der Waals surface area contributed by atoms with E-state index in [4.69, 9.17) is 4.74 Å². The van der Waals surface area contributed by atoms with Gasteiger partial charge in [0.2, 0.25) is 0 Å². The second kappa shape index (κ2) is 6.21. The Hall–Kier alpha value is -2.05. The van der Waals surface area contributed by atoms with Crippen molar-refractivity contribution in [2.24, 2.45) is 0 Å². The van der Waals surface area contributed by atoms with Gasteiger partial charge in [-0.15, -0.1) is 0 Å². The Kier molecular flexibility index (Phi) is 4.38. The molecule has 2 aromatic rings. The highest BCUT2D eigenvalue weighted by atomic mass is 79.9. The van der Waals surface area contributed by atoms with Gasteiger partial charge in [0, 0.05) is 4.47 Å². The second-order valence-corrected chi connectivity index (χ2v) is 4.87. The Labute approximate surface area is 121 Å². The Bertz CT molecular complexity index is 621. The van der Waals surface area contributed by atoms with Crippen LogP contribution in [0.2, 0.25) is 0 Å². The number of halogens is 1. The van der Waals surface area contributed by atoms with Crippen LogP contribution in [0.3, 0.4) is 0 Å². The van der Waals surface area contributed by atoms with E-state index in [1.54, 1.807) is 7.11 Å². The standard InChI is InChI=1S/C16H12BrNO/c1-19-16-8-4-13(5-9-16)14(11-18)10-12-2-6-15(17)7-3-12/h2-10H,1H3. The fourth-order valence-electron chi connectivity index (χ4n) is 1.68. The molecule has 0 aliphatic rings. The Morgan fingerprint density at radius 3 is 2.26 bits per heavy atom. The van der Waals surface area contributed by atoms with Crippen molar-refractivity contribution in [3.05, 3.63) is 64.1 Å². The number of hydrogen-bond donors (Lipinski definition) is 0. The molecule has 0 aromatic heterocycles. The van der Waals surface area contributed by atoms with Gasteiger partial charge in [-0.3, -0.25) is 0 Å². The SMILES string of the molecule is COc1ccc(C(C#N)=Cc2ccc(Br)cc2)cc1. The van der Waals surface area contributed by atoms with Crippen molar-refractivity contribution in [1.29, 1.82) is 5.26 Å². The van der Waals surface area contributed by atoms with Crippen molar-refractivity contribution in [3.8, 4) is 11.8 Å². The highest BCUT2D eigenvalue weighted by molar-refractivity contribution is 9.10. The number of nitriles is 1. The molecule has 94 valence electrons. The average Bonchev–Trinajstić information content (AvgIpc) is 2.47. The third-order valence-corrected chi connectivity index (χ3v) is 3.23. The molecule has 0 radical (unpaired) electrons. The maximum absolute atomic E-state index is 9.26. The fourth-order valence-corrected chi connectivity index (χ4v) is 1.94. The molecule has 0 saturated heterocycles. The van der Waals surface area contributed by atoms with E-state index < -0.39 is 0 Å². The lowest BCUT2D eigenvalue weighted by atomic mass is 10.0. The number of hydrogen-bond acceptors (Lipinski definition) is 2. The average molecular weight is 314 g/mol. The molecule has 3 heteroatoms. The van der Waals surface area contributed by atoms with Crippen LogP contribution in [0.1, 0.15) is 11.1 Å². The molecule has 0 aliphatic heterocycles. The molecule has 0 bridgehead atoms. The summed E-state index contributed by atoms with van der Waals surface area (Å²) in [5, 5.41) is 9.26. The highest BCUT2D eigenvalue weighted by Crippen LogP contribution is 2.21. The summed E-state index contributed by atoms with van der Waals surface area (Å²) in [5.74, 6) is 0.782. The first-order chi connectivity index (χ1) is 9.22. The van der Waals surface area contributed by atoms with E-state index in [9.17, 15) is 5.26 Å². The molecule has 0 N–H and O–H groups in total. The Morgan fingerprint density at radius 2 is 1.74 bits per heavy atom. The monoisotopic (exact) mass is 313 g/mol. The van der Waals surface area contributed by atoms with Gasteiger partial charge < -0.3 is 4.74 Å². The molecular weight excluding hydrogens is 302 g/mol. The van der Waals surface area contributed by atoms with Crippen LogP contribution in [0.5, 0.6) is 5.75 Å². The van der Waals surface area contributed by atoms with Crippen LogP contribution in [-0.4, -0.2) is 7.11 Å². The van der Waals surface area contributed by atoms with Gasteiger partial charge in [0.15, 0.2) is 0 Å². The molecule has 19 heavy (non-hydrogen) atoms. The number of nitrogens with zero attached hydrogens (tertiary/aromatic N) is 1. The van der Waals surface area contributed by atoms with E-state index in [0.29, 0.717) is 5.57 Å². The maximum atomic E-state index is 9.26. The molecular formula is C16H12BrNO. The van der Waals surface area contributed by atoms with Crippen molar-refractivity contribution in [3.63, 3.8) is 0 Å². The summed E-state index contributed by atoms with van der Waals surface area (Å²) < 4.78 is 6.13. The molecule has 0 fully saturated rings. The number of benzene rings is 2. The van der Waals surface area contributed by atoms with Crippen molar-refractivity contribution >= 4 is 27.6 Å². The normalized spacial score (nSPS) is 10.9. The van der Waals surface area contributed by atoms with Gasteiger partial charge in [-0.25, -0.2) is 0 Å². The quantitative estimate of drug-likeness (QED) is 0.616. The van der Waals surface area contributed by atoms with Crippen molar-refractivity contribution in [2.75, 3.05) is 7.11 Å². The lowest BCUT2D eigenvalue weighted by molar-refractivity contribution is 0.415. The molecule has 0 heterocycles. The summed E-state index contributed by atoms with van der Waals surface area (Å²) in [6.45, 7) is 0. The van der Waals surface area contributed by atoms with Crippen molar-refractivity contribution < 1.29 is 4.74 Å². The zero-order valence-electron chi connectivity index (χ0n) is 10.4. The van der Waals surface area contributed by atoms with Crippen LogP contribution in [0.25, 0.3) is 11.6 Å². The predicted molar refractivity (Wildman–Crippen MR) is 80.6 cm³/mol. The first kappa shape index (κ1) is 13.4. The minimum atomic E-state index is 0.630. The van der Waals surface area contributed by atoms with E-state index in [-0.39, 0.29) is 0 Å². The third kappa shape index (κ3) is 3.46. The molecule has 0 spiro atoms. The summed E-state index contributed by atoms with van der Waals surface area (Å²) in [4.78, 5) is 0. The summed E-state index contributed by atoms with van der Waals surface area (Å²) in [5.41, 5.74) is 2.51. The Morgan fingerprint density at radius 1 is 1.11 bits per heavy atom. The predicted octanol–water partition coefficient (Wildman–Crippen LogP) is 4.52. The summed E-state index contributed by atoms with van der Waals surface area (Å²) in [7, 11) is 1.62. The number of rotatable bonds is 3. The van der Waals surface area contributed by atoms with Crippen LogP contribution in [-0.2, 0) is 0 Å². The minimum Gasteiger partial charge on any atom is -0.497 e. The van der Waals surface area contributed by atoms with Gasteiger partial charge >= 0.3 is 0 Å². The molecule has 0 atom stereocenters. The van der Waals surface area contributed by atoms with E-state index in [1.165, 1.54) is 0 Å². The van der Waals surface area contributed by atoms with Gasteiger partial charge in [-0.1, -0.05) is 28.1 Å². The first-order valence-electron chi connectivity index (χ1n) is 5.75. The zero-order chi connectivity index (χ0) is 13.7. The highest BCUT2D eigenvalue weighted by Gasteiger charge is 2.01. The van der Waals surface area contributed by atoms with Gasteiger partial charge in [-0.2, -0.15) is 5.26 Å². The largest absolute Gasteiger partial charge is 0.497 e. The molecule has 0 aliphatic carbocycles.